The maximum atomic E-state index is 11.8. The topological polar surface area (TPSA) is 91.4 Å². The lowest BCUT2D eigenvalue weighted by molar-refractivity contribution is -0.141. The highest BCUT2D eigenvalue weighted by Gasteiger charge is 2.21. The van der Waals surface area contributed by atoms with Gasteiger partial charge in [0.05, 0.1) is 6.61 Å². The zero-order chi connectivity index (χ0) is 16.8. The Kier molecular flexibility index (Phi) is 6.18. The second kappa shape index (κ2) is 8.12. The Morgan fingerprint density at radius 2 is 2.22 bits per heavy atom. The molecule has 0 saturated heterocycles. The van der Waals surface area contributed by atoms with Crippen molar-refractivity contribution in [2.45, 2.75) is 25.8 Å². The molecule has 1 amide bonds. The lowest BCUT2D eigenvalue weighted by Crippen LogP contribution is -2.42. The van der Waals surface area contributed by atoms with Gasteiger partial charge in [-0.05, 0) is 30.7 Å². The Hall–Kier alpha value is -1.86. The van der Waals surface area contributed by atoms with E-state index in [-0.39, 0.29) is 25.4 Å². The summed E-state index contributed by atoms with van der Waals surface area (Å²) in [5.41, 5.74) is 1.77. The van der Waals surface area contributed by atoms with Crippen LogP contribution in [0.5, 0.6) is 0 Å². The number of aromatic amines is 1. The average molecular weight is 383 g/mol. The van der Waals surface area contributed by atoms with Crippen LogP contribution in [0.25, 0.3) is 10.9 Å². The van der Waals surface area contributed by atoms with Crippen molar-refractivity contribution in [3.8, 4) is 0 Å². The number of carboxylic acid groups (broad SMARTS) is 1. The number of rotatable bonds is 8. The van der Waals surface area contributed by atoms with Crippen LogP contribution in [0.2, 0.25) is 0 Å². The minimum absolute atomic E-state index is 0.150. The van der Waals surface area contributed by atoms with Crippen LogP contribution in [-0.2, 0) is 20.7 Å². The second-order valence-electron chi connectivity index (χ2n) is 5.11. The maximum absolute atomic E-state index is 11.8. The molecule has 0 aliphatic carbocycles. The molecule has 0 fully saturated rings. The van der Waals surface area contributed by atoms with Gasteiger partial charge in [0.15, 0.2) is 0 Å². The fraction of sp³-hybridized carbons (Fsp3) is 0.375. The second-order valence-corrected chi connectivity index (χ2v) is 6.03. The third kappa shape index (κ3) is 4.80. The number of carbonyl (C=O) groups is 2. The molecular formula is C16H19BrN2O4. The fourth-order valence-corrected chi connectivity index (χ4v) is 2.68. The molecule has 3 N–H and O–H groups in total. The highest BCUT2D eigenvalue weighted by molar-refractivity contribution is 9.10. The van der Waals surface area contributed by atoms with Gasteiger partial charge in [-0.15, -0.1) is 0 Å². The summed E-state index contributed by atoms with van der Waals surface area (Å²) in [5.74, 6) is -1.38. The van der Waals surface area contributed by atoms with Crippen molar-refractivity contribution in [2.24, 2.45) is 0 Å². The van der Waals surface area contributed by atoms with Crippen LogP contribution in [0.4, 0.5) is 0 Å². The van der Waals surface area contributed by atoms with E-state index in [0.29, 0.717) is 6.61 Å². The lowest BCUT2D eigenvalue weighted by atomic mass is 10.0. The van der Waals surface area contributed by atoms with E-state index in [9.17, 15) is 14.7 Å². The summed E-state index contributed by atoms with van der Waals surface area (Å²) in [6.45, 7) is 2.65. The third-order valence-electron chi connectivity index (χ3n) is 3.46. The quantitative estimate of drug-likeness (QED) is 0.611. The van der Waals surface area contributed by atoms with Gasteiger partial charge in [0.2, 0.25) is 5.91 Å². The number of carbonyl (C=O) groups excluding carboxylic acids is 1. The Labute approximate surface area is 142 Å². The van der Waals surface area contributed by atoms with Crippen molar-refractivity contribution in [3.63, 3.8) is 0 Å². The molecule has 0 radical (unpaired) electrons. The van der Waals surface area contributed by atoms with E-state index >= 15 is 0 Å². The molecule has 0 spiro atoms. The number of nitrogens with one attached hydrogen (secondary N) is 2. The van der Waals surface area contributed by atoms with Gasteiger partial charge < -0.3 is 20.1 Å². The van der Waals surface area contributed by atoms with Gasteiger partial charge in [0.25, 0.3) is 0 Å². The maximum Gasteiger partial charge on any atom is 0.326 e. The van der Waals surface area contributed by atoms with Crippen LogP contribution in [0.1, 0.15) is 18.9 Å². The SMILES string of the molecule is CCOCCC(=O)NC(Cc1c[nH]c2ccc(Br)cc12)C(=O)O. The van der Waals surface area contributed by atoms with Gasteiger partial charge in [-0.1, -0.05) is 15.9 Å². The summed E-state index contributed by atoms with van der Waals surface area (Å²) in [6, 6.07) is 4.78. The Morgan fingerprint density at radius 3 is 2.91 bits per heavy atom. The predicted molar refractivity (Wildman–Crippen MR) is 90.4 cm³/mol. The zero-order valence-electron chi connectivity index (χ0n) is 12.8. The van der Waals surface area contributed by atoms with E-state index < -0.39 is 12.0 Å². The number of aromatic nitrogens is 1. The first-order valence-corrected chi connectivity index (χ1v) is 8.16. The summed E-state index contributed by atoms with van der Waals surface area (Å²) in [7, 11) is 0. The van der Waals surface area contributed by atoms with E-state index in [1.54, 1.807) is 6.20 Å². The van der Waals surface area contributed by atoms with Crippen LogP contribution in [-0.4, -0.2) is 41.2 Å². The molecule has 1 heterocycles. The summed E-state index contributed by atoms with van der Waals surface area (Å²) in [5, 5.41) is 12.8. The fourth-order valence-electron chi connectivity index (χ4n) is 2.32. The standard InChI is InChI=1S/C16H19BrN2O4/c1-2-23-6-5-15(20)19-14(16(21)22)7-10-9-18-13-4-3-11(17)8-12(10)13/h3-4,8-9,14,18H,2,5-7H2,1H3,(H,19,20)(H,21,22). The first-order valence-electron chi connectivity index (χ1n) is 7.36. The average Bonchev–Trinajstić information content (AvgIpc) is 2.89. The smallest absolute Gasteiger partial charge is 0.326 e. The van der Waals surface area contributed by atoms with Gasteiger partial charge >= 0.3 is 5.97 Å². The molecule has 0 aliphatic rings. The molecular weight excluding hydrogens is 364 g/mol. The molecule has 1 unspecified atom stereocenters. The van der Waals surface area contributed by atoms with Gasteiger partial charge in [-0.3, -0.25) is 4.79 Å². The number of amides is 1. The van der Waals surface area contributed by atoms with Crippen LogP contribution in [0.3, 0.4) is 0 Å². The molecule has 0 saturated carbocycles. The van der Waals surface area contributed by atoms with Gasteiger partial charge in [-0.2, -0.15) is 0 Å². The number of hydrogen-bond acceptors (Lipinski definition) is 3. The number of H-pyrrole nitrogens is 1. The van der Waals surface area contributed by atoms with Crippen LogP contribution >= 0.6 is 15.9 Å². The van der Waals surface area contributed by atoms with Crippen molar-refractivity contribution in [1.82, 2.24) is 10.3 Å². The predicted octanol–water partition coefficient (Wildman–Crippen LogP) is 2.47. The number of hydrogen-bond donors (Lipinski definition) is 3. The summed E-state index contributed by atoms with van der Waals surface area (Å²) >= 11 is 3.41. The molecule has 1 aromatic carbocycles. The van der Waals surface area contributed by atoms with Crippen LogP contribution in [0.15, 0.2) is 28.9 Å². The van der Waals surface area contributed by atoms with Crippen molar-refractivity contribution in [1.29, 1.82) is 0 Å². The van der Waals surface area contributed by atoms with Crippen molar-refractivity contribution < 1.29 is 19.4 Å². The zero-order valence-corrected chi connectivity index (χ0v) is 14.4. The van der Waals surface area contributed by atoms with Gasteiger partial charge in [-0.25, -0.2) is 4.79 Å². The van der Waals surface area contributed by atoms with E-state index in [2.05, 4.69) is 26.2 Å². The van der Waals surface area contributed by atoms with Crippen LogP contribution in [0, 0.1) is 0 Å². The minimum Gasteiger partial charge on any atom is -0.480 e. The normalized spacial score (nSPS) is 12.3. The minimum atomic E-state index is -1.06. The largest absolute Gasteiger partial charge is 0.480 e. The van der Waals surface area contributed by atoms with Crippen molar-refractivity contribution in [2.75, 3.05) is 13.2 Å². The number of carboxylic acids is 1. The first-order chi connectivity index (χ1) is 11.0. The first kappa shape index (κ1) is 17.5. The highest BCUT2D eigenvalue weighted by Crippen LogP contribution is 2.23. The number of ether oxygens (including phenoxy) is 1. The number of fused-ring (bicyclic) bond motifs is 1. The molecule has 0 bridgehead atoms. The molecule has 7 heteroatoms. The number of halogens is 1. The molecule has 2 rings (SSSR count). The van der Waals surface area contributed by atoms with E-state index in [0.717, 1.165) is 20.9 Å². The summed E-state index contributed by atoms with van der Waals surface area (Å²) < 4.78 is 6.02. The third-order valence-corrected chi connectivity index (χ3v) is 3.96. The Balaban J connectivity index is 2.07. The van der Waals surface area contributed by atoms with Gasteiger partial charge in [0.1, 0.15) is 6.04 Å². The molecule has 1 atom stereocenters. The lowest BCUT2D eigenvalue weighted by Gasteiger charge is -2.14. The summed E-state index contributed by atoms with van der Waals surface area (Å²) in [6.07, 6.45) is 2.14. The highest BCUT2D eigenvalue weighted by atomic mass is 79.9. The Bertz CT molecular complexity index is 698. The molecule has 6 nitrogen and oxygen atoms in total. The number of benzene rings is 1. The molecule has 0 aliphatic heterocycles. The molecule has 124 valence electrons. The molecule has 23 heavy (non-hydrogen) atoms. The van der Waals surface area contributed by atoms with Crippen molar-refractivity contribution >= 4 is 38.7 Å². The molecule has 1 aromatic heterocycles. The van der Waals surface area contributed by atoms with E-state index in [4.69, 9.17) is 4.74 Å². The number of aliphatic carboxylic acids is 1. The molecule has 2 aromatic rings. The van der Waals surface area contributed by atoms with Crippen molar-refractivity contribution in [3.05, 3.63) is 34.4 Å². The summed E-state index contributed by atoms with van der Waals surface area (Å²) in [4.78, 5) is 26.3. The Morgan fingerprint density at radius 1 is 1.43 bits per heavy atom. The van der Waals surface area contributed by atoms with E-state index in [1.807, 2.05) is 25.1 Å². The monoisotopic (exact) mass is 382 g/mol. The van der Waals surface area contributed by atoms with E-state index in [1.165, 1.54) is 0 Å². The van der Waals surface area contributed by atoms with Crippen LogP contribution < -0.4 is 5.32 Å². The van der Waals surface area contributed by atoms with Gasteiger partial charge in [0, 0.05) is 41.0 Å².